The number of hydrogen-bond donors (Lipinski definition) is 1. The van der Waals surface area contributed by atoms with Gasteiger partial charge in [-0.3, -0.25) is 10.1 Å². The molecule has 0 fully saturated rings. The minimum absolute atomic E-state index is 0.00977. The van der Waals surface area contributed by atoms with Crippen molar-refractivity contribution >= 4 is 11.5 Å². The molecule has 1 heterocycles. The Balaban J connectivity index is 2.89. The molecule has 1 N–H and O–H groups in total. The van der Waals surface area contributed by atoms with Crippen molar-refractivity contribution in [1.82, 2.24) is 4.98 Å². The molecule has 0 aromatic carbocycles. The molecule has 1 aromatic heterocycles. The van der Waals surface area contributed by atoms with Gasteiger partial charge < -0.3 is 5.32 Å². The fraction of sp³-hybridized carbons (Fsp3) is 0.273. The number of nitro groups is 1. The first-order valence-corrected chi connectivity index (χ1v) is 4.91. The summed E-state index contributed by atoms with van der Waals surface area (Å²) in [6.07, 6.45) is 7.71. The Hall–Kier alpha value is -2.60. The predicted molar refractivity (Wildman–Crippen MR) is 62.2 cm³/mol. The van der Waals surface area contributed by atoms with Gasteiger partial charge in [0.2, 0.25) is 5.82 Å². The smallest absolute Gasteiger partial charge is 0.328 e. The van der Waals surface area contributed by atoms with Crippen LogP contribution in [-0.2, 0) is 0 Å². The van der Waals surface area contributed by atoms with Crippen LogP contribution in [0.25, 0.3) is 0 Å². The van der Waals surface area contributed by atoms with E-state index in [9.17, 15) is 10.1 Å². The normalized spacial score (nSPS) is 9.06. The molecule has 6 nitrogen and oxygen atoms in total. The molecule has 0 bridgehead atoms. The maximum atomic E-state index is 10.8. The summed E-state index contributed by atoms with van der Waals surface area (Å²) in [5.74, 6) is 2.57. The number of hydrogen-bond acceptors (Lipinski definition) is 5. The van der Waals surface area contributed by atoms with E-state index in [1.807, 2.05) is 0 Å². The molecule has 0 aliphatic carbocycles. The van der Waals surface area contributed by atoms with Gasteiger partial charge in [0.05, 0.1) is 4.92 Å². The lowest BCUT2D eigenvalue weighted by Crippen LogP contribution is -2.07. The zero-order chi connectivity index (χ0) is 12.7. The molecule has 1 rings (SSSR count). The summed E-state index contributed by atoms with van der Waals surface area (Å²) in [6.45, 7) is 0.479. The number of pyridine rings is 1. The number of anilines is 1. The molecule has 0 aliphatic heterocycles. The number of terminal acetylenes is 1. The Morgan fingerprint density at radius 2 is 2.41 bits per heavy atom. The van der Waals surface area contributed by atoms with Crippen LogP contribution in [0.5, 0.6) is 0 Å². The Morgan fingerprint density at radius 3 is 3.00 bits per heavy atom. The standard InChI is InChI=1S/C11H10N4O2/c1-2-3-4-6-13-11-10(15(16)17)9(8-12)5-7-14-11/h1,5,7H,3-4,6H2,(H,13,14). The number of aromatic nitrogens is 1. The van der Waals surface area contributed by atoms with Crippen molar-refractivity contribution < 1.29 is 4.92 Å². The summed E-state index contributed by atoms with van der Waals surface area (Å²) in [6, 6.07) is 3.08. The Morgan fingerprint density at radius 1 is 1.65 bits per heavy atom. The van der Waals surface area contributed by atoms with E-state index in [-0.39, 0.29) is 17.1 Å². The van der Waals surface area contributed by atoms with Gasteiger partial charge in [0.15, 0.2) is 0 Å². The quantitative estimate of drug-likeness (QED) is 0.359. The highest BCUT2D eigenvalue weighted by Gasteiger charge is 2.20. The van der Waals surface area contributed by atoms with Crippen molar-refractivity contribution in [1.29, 1.82) is 5.26 Å². The summed E-state index contributed by atoms with van der Waals surface area (Å²) in [5, 5.41) is 22.4. The van der Waals surface area contributed by atoms with Gasteiger partial charge in [0, 0.05) is 19.2 Å². The second-order valence-electron chi connectivity index (χ2n) is 3.16. The van der Waals surface area contributed by atoms with E-state index < -0.39 is 4.92 Å². The average Bonchev–Trinajstić information content (AvgIpc) is 2.33. The van der Waals surface area contributed by atoms with E-state index in [0.717, 1.165) is 0 Å². The number of nitrogens with zero attached hydrogens (tertiary/aromatic N) is 3. The lowest BCUT2D eigenvalue weighted by Gasteiger charge is -2.05. The van der Waals surface area contributed by atoms with Crippen LogP contribution in [-0.4, -0.2) is 16.5 Å². The molecule has 0 saturated heterocycles. The third-order valence-electron chi connectivity index (χ3n) is 2.02. The van der Waals surface area contributed by atoms with Crippen LogP contribution in [0.15, 0.2) is 12.3 Å². The number of nitrogens with one attached hydrogen (secondary N) is 1. The summed E-state index contributed by atoms with van der Waals surface area (Å²) in [7, 11) is 0. The average molecular weight is 230 g/mol. The second-order valence-corrected chi connectivity index (χ2v) is 3.16. The van der Waals surface area contributed by atoms with E-state index in [2.05, 4.69) is 16.2 Å². The summed E-state index contributed by atoms with van der Waals surface area (Å²) in [5.41, 5.74) is -0.305. The van der Waals surface area contributed by atoms with Crippen LogP contribution < -0.4 is 5.32 Å². The van der Waals surface area contributed by atoms with Crippen LogP contribution in [0.4, 0.5) is 11.5 Å². The van der Waals surface area contributed by atoms with Crippen molar-refractivity contribution in [3.8, 4) is 18.4 Å². The molecule has 0 amide bonds. The Labute approximate surface area is 98.4 Å². The maximum absolute atomic E-state index is 10.8. The lowest BCUT2D eigenvalue weighted by atomic mass is 10.2. The molecule has 0 aliphatic rings. The Bertz CT molecular complexity index is 499. The van der Waals surface area contributed by atoms with Gasteiger partial charge in [0.25, 0.3) is 0 Å². The molecule has 0 unspecified atom stereocenters. The van der Waals surface area contributed by atoms with Crippen molar-refractivity contribution in [3.63, 3.8) is 0 Å². The minimum atomic E-state index is -0.616. The molecule has 0 spiro atoms. The van der Waals surface area contributed by atoms with Crippen molar-refractivity contribution in [2.45, 2.75) is 12.8 Å². The van der Waals surface area contributed by atoms with E-state index in [1.165, 1.54) is 12.3 Å². The first-order valence-electron chi connectivity index (χ1n) is 4.91. The van der Waals surface area contributed by atoms with Crippen LogP contribution in [0.1, 0.15) is 18.4 Å². The van der Waals surface area contributed by atoms with Crippen LogP contribution in [0.3, 0.4) is 0 Å². The van der Waals surface area contributed by atoms with Gasteiger partial charge in [-0.25, -0.2) is 4.98 Å². The summed E-state index contributed by atoms with van der Waals surface area (Å²) < 4.78 is 0. The van der Waals surface area contributed by atoms with E-state index >= 15 is 0 Å². The first kappa shape index (κ1) is 12.5. The molecule has 6 heteroatoms. The van der Waals surface area contributed by atoms with Gasteiger partial charge in [0.1, 0.15) is 11.6 Å². The zero-order valence-electron chi connectivity index (χ0n) is 9.01. The summed E-state index contributed by atoms with van der Waals surface area (Å²) in [4.78, 5) is 14.1. The third kappa shape index (κ3) is 3.18. The van der Waals surface area contributed by atoms with Crippen molar-refractivity contribution in [2.24, 2.45) is 0 Å². The first-order chi connectivity index (χ1) is 8.20. The molecule has 17 heavy (non-hydrogen) atoms. The molecular weight excluding hydrogens is 220 g/mol. The number of rotatable bonds is 5. The van der Waals surface area contributed by atoms with Gasteiger partial charge in [-0.1, -0.05) is 0 Å². The monoisotopic (exact) mass is 230 g/mol. The maximum Gasteiger partial charge on any atom is 0.328 e. The SMILES string of the molecule is C#CCCCNc1nccc(C#N)c1[N+](=O)[O-]. The second kappa shape index (κ2) is 6.09. The topological polar surface area (TPSA) is 91.8 Å². The molecule has 0 saturated carbocycles. The predicted octanol–water partition coefficient (Wildman–Crippen LogP) is 1.69. The summed E-state index contributed by atoms with van der Waals surface area (Å²) >= 11 is 0. The van der Waals surface area contributed by atoms with Crippen LogP contribution in [0, 0.1) is 33.8 Å². The van der Waals surface area contributed by atoms with E-state index in [4.69, 9.17) is 11.7 Å². The van der Waals surface area contributed by atoms with Crippen molar-refractivity contribution in [3.05, 3.63) is 27.9 Å². The fourth-order valence-corrected chi connectivity index (χ4v) is 1.26. The van der Waals surface area contributed by atoms with Crippen LogP contribution in [0.2, 0.25) is 0 Å². The molecule has 0 atom stereocenters. The third-order valence-corrected chi connectivity index (χ3v) is 2.02. The highest BCUT2D eigenvalue weighted by atomic mass is 16.6. The molecule has 1 aromatic rings. The van der Waals surface area contributed by atoms with Gasteiger partial charge in [-0.15, -0.1) is 12.3 Å². The molecule has 86 valence electrons. The van der Waals surface area contributed by atoms with Crippen LogP contribution >= 0.6 is 0 Å². The fourth-order valence-electron chi connectivity index (χ4n) is 1.26. The zero-order valence-corrected chi connectivity index (χ0v) is 9.01. The molecule has 0 radical (unpaired) electrons. The minimum Gasteiger partial charge on any atom is -0.364 e. The number of nitriles is 1. The van der Waals surface area contributed by atoms with E-state index in [1.54, 1.807) is 6.07 Å². The van der Waals surface area contributed by atoms with Gasteiger partial charge in [-0.2, -0.15) is 5.26 Å². The van der Waals surface area contributed by atoms with Crippen molar-refractivity contribution in [2.75, 3.05) is 11.9 Å². The molecular formula is C11H10N4O2. The largest absolute Gasteiger partial charge is 0.364 e. The lowest BCUT2D eigenvalue weighted by molar-refractivity contribution is -0.384. The number of unbranched alkanes of at least 4 members (excludes halogenated alkanes) is 1. The van der Waals surface area contributed by atoms with Gasteiger partial charge >= 0.3 is 5.69 Å². The highest BCUT2D eigenvalue weighted by Crippen LogP contribution is 2.25. The van der Waals surface area contributed by atoms with E-state index in [0.29, 0.717) is 19.4 Å². The Kier molecular flexibility index (Phi) is 4.46. The highest BCUT2D eigenvalue weighted by molar-refractivity contribution is 5.63. The van der Waals surface area contributed by atoms with Gasteiger partial charge in [-0.05, 0) is 12.5 Å².